The lowest BCUT2D eigenvalue weighted by Gasteiger charge is -2.34. The van der Waals surface area contributed by atoms with Crippen molar-refractivity contribution in [1.82, 2.24) is 29.8 Å². The number of hydrogen-bond donors (Lipinski definition) is 3. The maximum atomic E-state index is 13.9. The Morgan fingerprint density at radius 3 is 2.42 bits per heavy atom. The van der Waals surface area contributed by atoms with E-state index in [0.29, 0.717) is 22.4 Å². The molecule has 40 heavy (non-hydrogen) atoms. The minimum Gasteiger partial charge on any atom is -0.480 e. The summed E-state index contributed by atoms with van der Waals surface area (Å²) in [6, 6.07) is 10.1. The van der Waals surface area contributed by atoms with Crippen LogP contribution in [-0.4, -0.2) is 59.1 Å². The lowest BCUT2D eigenvalue weighted by molar-refractivity contribution is -0.139. The van der Waals surface area contributed by atoms with E-state index in [9.17, 15) is 29.0 Å². The van der Waals surface area contributed by atoms with E-state index in [2.05, 4.69) is 20.4 Å². The first-order valence-corrected chi connectivity index (χ1v) is 12.5. The lowest BCUT2D eigenvalue weighted by atomic mass is 9.98. The number of carboxylic acid groups (broad SMARTS) is 2. The summed E-state index contributed by atoms with van der Waals surface area (Å²) in [5.74, 6) is -2.84. The van der Waals surface area contributed by atoms with Gasteiger partial charge in [-0.3, -0.25) is 14.5 Å². The summed E-state index contributed by atoms with van der Waals surface area (Å²) in [7, 11) is 0. The van der Waals surface area contributed by atoms with Crippen molar-refractivity contribution >= 4 is 23.6 Å². The fourth-order valence-electron chi connectivity index (χ4n) is 4.58. The number of aromatic carboxylic acids is 1. The second-order valence-electron chi connectivity index (χ2n) is 9.60. The highest BCUT2D eigenvalue weighted by molar-refractivity contribution is 5.92. The van der Waals surface area contributed by atoms with Crippen LogP contribution in [0, 0.1) is 19.7 Å². The standard InChI is InChI=1S/C28H29FN6O5/c1-15-5-6-19(10-22(15)29)12-30-26(38)23-11-24(35-28(33-23)31-14-32-35)18(4)34(13-25(36)37)17(3)20-7-8-21(27(39)40)16(2)9-20/h5-11,14,17-18H,12-13H2,1-4H3,(H,30,38)(H,36,37)(H,39,40)/t17-,18?/m0/s1. The molecule has 0 spiro atoms. The first-order valence-electron chi connectivity index (χ1n) is 12.5. The molecule has 2 heterocycles. The third-order valence-electron chi connectivity index (χ3n) is 6.91. The van der Waals surface area contributed by atoms with Crippen molar-refractivity contribution in [2.45, 2.75) is 46.3 Å². The molecule has 0 aliphatic heterocycles. The van der Waals surface area contributed by atoms with Gasteiger partial charge in [-0.2, -0.15) is 14.6 Å². The average Bonchev–Trinajstić information content (AvgIpc) is 3.39. The number of hydrogen-bond acceptors (Lipinski definition) is 7. The van der Waals surface area contributed by atoms with Crippen LogP contribution in [0.5, 0.6) is 0 Å². The highest BCUT2D eigenvalue weighted by atomic mass is 19.1. The molecule has 2 aromatic carbocycles. The van der Waals surface area contributed by atoms with Crippen molar-refractivity contribution in [3.05, 3.63) is 93.8 Å². The zero-order valence-electron chi connectivity index (χ0n) is 22.4. The van der Waals surface area contributed by atoms with Crippen molar-refractivity contribution in [2.24, 2.45) is 0 Å². The summed E-state index contributed by atoms with van der Waals surface area (Å²) in [6.07, 6.45) is 1.29. The minimum atomic E-state index is -1.07. The number of aryl methyl sites for hydroxylation is 2. The molecule has 11 nitrogen and oxygen atoms in total. The first kappa shape index (κ1) is 28.3. The second-order valence-corrected chi connectivity index (χ2v) is 9.60. The summed E-state index contributed by atoms with van der Waals surface area (Å²) >= 11 is 0. The first-order chi connectivity index (χ1) is 19.0. The molecule has 4 rings (SSSR count). The number of halogens is 1. The van der Waals surface area contributed by atoms with Gasteiger partial charge in [-0.25, -0.2) is 14.2 Å². The van der Waals surface area contributed by atoms with Gasteiger partial charge in [0.25, 0.3) is 11.7 Å². The van der Waals surface area contributed by atoms with E-state index in [4.69, 9.17) is 0 Å². The Kier molecular flexibility index (Phi) is 8.19. The monoisotopic (exact) mass is 548 g/mol. The van der Waals surface area contributed by atoms with Crippen LogP contribution < -0.4 is 5.32 Å². The van der Waals surface area contributed by atoms with Gasteiger partial charge in [-0.1, -0.05) is 24.3 Å². The normalized spacial score (nSPS) is 12.8. The predicted molar refractivity (Wildman–Crippen MR) is 142 cm³/mol. The van der Waals surface area contributed by atoms with Crippen LogP contribution in [-0.2, 0) is 11.3 Å². The summed E-state index contributed by atoms with van der Waals surface area (Å²) in [4.78, 5) is 46.5. The van der Waals surface area contributed by atoms with Crippen LogP contribution in [0.3, 0.4) is 0 Å². The van der Waals surface area contributed by atoms with Crippen molar-refractivity contribution in [1.29, 1.82) is 0 Å². The predicted octanol–water partition coefficient (Wildman–Crippen LogP) is 3.72. The highest BCUT2D eigenvalue weighted by Gasteiger charge is 2.29. The fourth-order valence-corrected chi connectivity index (χ4v) is 4.58. The Morgan fingerprint density at radius 1 is 1.02 bits per heavy atom. The van der Waals surface area contributed by atoms with E-state index in [1.165, 1.54) is 29.0 Å². The maximum absolute atomic E-state index is 13.9. The number of rotatable bonds is 10. The topological polar surface area (TPSA) is 150 Å². The van der Waals surface area contributed by atoms with Gasteiger partial charge in [-0.05, 0) is 68.1 Å². The highest BCUT2D eigenvalue weighted by Crippen LogP contribution is 2.31. The number of fused-ring (bicyclic) bond motifs is 1. The van der Waals surface area contributed by atoms with E-state index in [1.54, 1.807) is 49.9 Å². The van der Waals surface area contributed by atoms with Gasteiger partial charge in [0.1, 0.15) is 17.8 Å². The van der Waals surface area contributed by atoms with E-state index < -0.39 is 29.9 Å². The van der Waals surface area contributed by atoms with Gasteiger partial charge in [0.05, 0.1) is 23.8 Å². The fraction of sp³-hybridized carbons (Fsp3) is 0.286. The molecule has 4 aromatic rings. The number of carboxylic acids is 2. The summed E-state index contributed by atoms with van der Waals surface area (Å²) in [6.45, 7) is 6.67. The Balaban J connectivity index is 1.66. The van der Waals surface area contributed by atoms with E-state index in [-0.39, 0.29) is 35.9 Å². The molecule has 208 valence electrons. The Morgan fingerprint density at radius 2 is 1.77 bits per heavy atom. The van der Waals surface area contributed by atoms with Gasteiger partial charge in [0.2, 0.25) is 0 Å². The molecule has 3 N–H and O–H groups in total. The molecular weight excluding hydrogens is 519 g/mol. The van der Waals surface area contributed by atoms with E-state index >= 15 is 0 Å². The molecule has 0 saturated carbocycles. The molecule has 2 atom stereocenters. The zero-order chi connectivity index (χ0) is 29.1. The molecular formula is C28H29FN6O5. The van der Waals surface area contributed by atoms with E-state index in [0.717, 1.165) is 5.56 Å². The Bertz CT molecular complexity index is 1600. The third kappa shape index (κ3) is 5.96. The average molecular weight is 549 g/mol. The van der Waals surface area contributed by atoms with Gasteiger partial charge in [-0.15, -0.1) is 0 Å². The number of aliphatic carboxylic acids is 1. The molecule has 0 saturated heterocycles. The molecule has 1 unspecified atom stereocenters. The quantitative estimate of drug-likeness (QED) is 0.269. The van der Waals surface area contributed by atoms with Gasteiger partial charge in [0.15, 0.2) is 0 Å². The number of nitrogens with one attached hydrogen (secondary N) is 1. The van der Waals surface area contributed by atoms with Gasteiger partial charge >= 0.3 is 11.9 Å². The summed E-state index contributed by atoms with van der Waals surface area (Å²) < 4.78 is 15.4. The number of carbonyl (C=O) groups is 3. The number of benzene rings is 2. The molecule has 0 radical (unpaired) electrons. The molecule has 0 fully saturated rings. The van der Waals surface area contributed by atoms with Crippen molar-refractivity contribution in [3.8, 4) is 0 Å². The van der Waals surface area contributed by atoms with Crippen molar-refractivity contribution < 1.29 is 29.0 Å². The summed E-state index contributed by atoms with van der Waals surface area (Å²) in [5, 5.41) is 26.1. The smallest absolute Gasteiger partial charge is 0.335 e. The SMILES string of the molecule is Cc1ccc(CNC(=O)c2cc(C(C)N(CC(=O)O)[C@@H](C)c3ccc(C(=O)O)c(C)c3)n3ncnc3n2)cc1F. The van der Waals surface area contributed by atoms with Crippen molar-refractivity contribution in [3.63, 3.8) is 0 Å². The number of aromatic nitrogens is 4. The molecule has 0 aliphatic rings. The lowest BCUT2D eigenvalue weighted by Crippen LogP contribution is -2.36. The largest absolute Gasteiger partial charge is 0.480 e. The van der Waals surface area contributed by atoms with Crippen LogP contribution in [0.15, 0.2) is 48.8 Å². The Labute approximate surface area is 229 Å². The molecule has 1 amide bonds. The van der Waals surface area contributed by atoms with Crippen LogP contribution >= 0.6 is 0 Å². The van der Waals surface area contributed by atoms with Crippen LogP contribution in [0.25, 0.3) is 5.78 Å². The number of carbonyl (C=O) groups excluding carboxylic acids is 1. The zero-order valence-corrected chi connectivity index (χ0v) is 22.4. The molecule has 12 heteroatoms. The van der Waals surface area contributed by atoms with Crippen LogP contribution in [0.1, 0.15) is 74.7 Å². The summed E-state index contributed by atoms with van der Waals surface area (Å²) in [5.41, 5.74) is 3.04. The molecule has 2 aromatic heterocycles. The Hall–Kier alpha value is -4.71. The van der Waals surface area contributed by atoms with Crippen LogP contribution in [0.4, 0.5) is 4.39 Å². The number of amides is 1. The molecule has 0 bridgehead atoms. The number of nitrogens with zero attached hydrogens (tertiary/aromatic N) is 5. The third-order valence-corrected chi connectivity index (χ3v) is 6.91. The van der Waals surface area contributed by atoms with Gasteiger partial charge < -0.3 is 15.5 Å². The van der Waals surface area contributed by atoms with E-state index in [1.807, 2.05) is 6.92 Å². The van der Waals surface area contributed by atoms with Crippen molar-refractivity contribution in [2.75, 3.05) is 6.54 Å². The minimum absolute atomic E-state index is 0.0412. The molecule has 0 aliphatic carbocycles. The second kappa shape index (κ2) is 11.6. The van der Waals surface area contributed by atoms with Gasteiger partial charge in [0, 0.05) is 12.6 Å². The maximum Gasteiger partial charge on any atom is 0.335 e. The van der Waals surface area contributed by atoms with Crippen LogP contribution in [0.2, 0.25) is 0 Å².